The Labute approximate surface area is 179 Å². The first-order valence-electron chi connectivity index (χ1n) is 10.0. The number of aliphatic hydroxyl groups is 1. The predicted octanol–water partition coefficient (Wildman–Crippen LogP) is 4.63. The van der Waals surface area contributed by atoms with Gasteiger partial charge in [0.2, 0.25) is 5.92 Å². The summed E-state index contributed by atoms with van der Waals surface area (Å²) in [6.07, 6.45) is -4.22. The monoisotopic (exact) mass is 465 g/mol. The summed E-state index contributed by atoms with van der Waals surface area (Å²) in [6, 6.07) is 2.44. The number of alkyl halides is 5. The van der Waals surface area contributed by atoms with Crippen LogP contribution < -0.4 is 5.32 Å². The molecule has 1 amide bonds. The highest BCUT2D eigenvalue weighted by atomic mass is 35.5. The van der Waals surface area contributed by atoms with Crippen molar-refractivity contribution in [3.05, 3.63) is 34.2 Å². The fraction of sp³-hybridized carbons (Fsp3) is 0.600. The Bertz CT molecular complexity index is 1010. The Kier molecular flexibility index (Phi) is 5.44. The van der Waals surface area contributed by atoms with Crippen LogP contribution in [0.15, 0.2) is 12.1 Å². The van der Waals surface area contributed by atoms with Crippen LogP contribution in [0.3, 0.4) is 0 Å². The minimum Gasteiger partial charge on any atom is -0.388 e. The van der Waals surface area contributed by atoms with E-state index in [4.69, 9.17) is 11.6 Å². The van der Waals surface area contributed by atoms with Gasteiger partial charge in [-0.25, -0.2) is 13.8 Å². The average Bonchev–Trinajstić information content (AvgIpc) is 3.28. The molecule has 0 bridgehead atoms. The SMILES string of the molecule is O=C(NCC1(O)CC1)c1cc(Cl)n2c(CC3CCC(F)(F)CC3)c(C(F)(F)F)nc2c1. The highest BCUT2D eigenvalue weighted by molar-refractivity contribution is 6.30. The number of carbonyl (C=O) groups is 1. The molecule has 0 atom stereocenters. The first-order valence-corrected chi connectivity index (χ1v) is 10.4. The zero-order valence-electron chi connectivity index (χ0n) is 16.4. The summed E-state index contributed by atoms with van der Waals surface area (Å²) >= 11 is 6.25. The molecular weight excluding hydrogens is 445 g/mol. The smallest absolute Gasteiger partial charge is 0.388 e. The fourth-order valence-electron chi connectivity index (χ4n) is 3.97. The molecule has 0 saturated heterocycles. The van der Waals surface area contributed by atoms with Gasteiger partial charge in [0.25, 0.3) is 5.91 Å². The molecule has 5 nitrogen and oxygen atoms in total. The standard InChI is InChI=1S/C20H21ClF5N3O2/c21-14-8-12(17(30)27-10-18(31)5-6-18)9-15-28-16(20(24,25)26)13(29(14)15)7-11-1-3-19(22,23)4-2-11/h8-9,11,31H,1-7,10H2,(H,27,30). The molecule has 31 heavy (non-hydrogen) atoms. The van der Waals surface area contributed by atoms with E-state index in [9.17, 15) is 31.9 Å². The van der Waals surface area contributed by atoms with Gasteiger partial charge >= 0.3 is 6.18 Å². The molecule has 4 rings (SSSR count). The maximum atomic E-state index is 13.7. The Morgan fingerprint density at radius 2 is 1.87 bits per heavy atom. The van der Waals surface area contributed by atoms with Crippen LogP contribution in [0.2, 0.25) is 5.15 Å². The van der Waals surface area contributed by atoms with Crippen LogP contribution in [0, 0.1) is 5.92 Å². The van der Waals surface area contributed by atoms with Gasteiger partial charge in [0, 0.05) is 24.9 Å². The van der Waals surface area contributed by atoms with E-state index >= 15 is 0 Å². The second kappa shape index (κ2) is 7.58. The Hall–Kier alpha value is -1.94. The van der Waals surface area contributed by atoms with Crippen molar-refractivity contribution in [1.29, 1.82) is 0 Å². The number of aromatic nitrogens is 2. The molecular formula is C20H21ClF5N3O2. The van der Waals surface area contributed by atoms with Crippen LogP contribution in [0.1, 0.15) is 60.3 Å². The predicted molar refractivity (Wildman–Crippen MR) is 102 cm³/mol. The van der Waals surface area contributed by atoms with E-state index in [-0.39, 0.29) is 66.6 Å². The number of fused-ring (bicyclic) bond motifs is 1. The molecule has 2 aromatic rings. The maximum Gasteiger partial charge on any atom is 0.435 e. The lowest BCUT2D eigenvalue weighted by molar-refractivity contribution is -0.141. The molecule has 170 valence electrons. The van der Waals surface area contributed by atoms with E-state index in [1.807, 2.05) is 0 Å². The number of nitrogens with zero attached hydrogens (tertiary/aromatic N) is 2. The van der Waals surface area contributed by atoms with Crippen molar-refractivity contribution in [2.45, 2.75) is 62.6 Å². The number of rotatable bonds is 5. The van der Waals surface area contributed by atoms with E-state index in [1.165, 1.54) is 12.1 Å². The van der Waals surface area contributed by atoms with Crippen LogP contribution in [-0.2, 0) is 12.6 Å². The fourth-order valence-corrected chi connectivity index (χ4v) is 4.28. The summed E-state index contributed by atoms with van der Waals surface area (Å²) in [4.78, 5) is 16.0. The van der Waals surface area contributed by atoms with Gasteiger partial charge < -0.3 is 10.4 Å². The van der Waals surface area contributed by atoms with E-state index in [1.54, 1.807) is 0 Å². The lowest BCUT2D eigenvalue weighted by Crippen LogP contribution is -2.33. The van der Waals surface area contributed by atoms with Crippen molar-refractivity contribution in [3.63, 3.8) is 0 Å². The van der Waals surface area contributed by atoms with Gasteiger partial charge in [0.15, 0.2) is 5.69 Å². The highest BCUT2D eigenvalue weighted by Gasteiger charge is 2.42. The largest absolute Gasteiger partial charge is 0.435 e. The van der Waals surface area contributed by atoms with E-state index in [0.717, 1.165) is 4.40 Å². The topological polar surface area (TPSA) is 66.6 Å². The number of halogens is 6. The van der Waals surface area contributed by atoms with Crippen LogP contribution in [-0.4, -0.2) is 38.5 Å². The van der Waals surface area contributed by atoms with Crippen molar-refractivity contribution < 1.29 is 31.9 Å². The second-order valence-electron chi connectivity index (χ2n) is 8.58. The molecule has 0 spiro atoms. The summed E-state index contributed by atoms with van der Waals surface area (Å²) in [5.74, 6) is -3.72. The van der Waals surface area contributed by atoms with Gasteiger partial charge in [-0.1, -0.05) is 11.6 Å². The van der Waals surface area contributed by atoms with Crippen LogP contribution in [0.4, 0.5) is 22.0 Å². The highest BCUT2D eigenvalue weighted by Crippen LogP contribution is 2.40. The zero-order valence-corrected chi connectivity index (χ0v) is 17.2. The molecule has 2 saturated carbocycles. The summed E-state index contributed by atoms with van der Waals surface area (Å²) in [6.45, 7) is 0.0361. The number of carbonyl (C=O) groups excluding carboxylic acids is 1. The number of pyridine rings is 1. The third-order valence-corrected chi connectivity index (χ3v) is 6.30. The molecule has 2 N–H and O–H groups in total. The van der Waals surface area contributed by atoms with Gasteiger partial charge in [0.1, 0.15) is 10.8 Å². The number of hydrogen-bond donors (Lipinski definition) is 2. The molecule has 2 aliphatic rings. The van der Waals surface area contributed by atoms with Crippen molar-refractivity contribution in [2.24, 2.45) is 5.92 Å². The van der Waals surface area contributed by atoms with Crippen LogP contribution in [0.25, 0.3) is 5.65 Å². The summed E-state index contributed by atoms with van der Waals surface area (Å²) < 4.78 is 69.0. The van der Waals surface area contributed by atoms with E-state index in [2.05, 4.69) is 10.3 Å². The zero-order chi connectivity index (χ0) is 22.6. The maximum absolute atomic E-state index is 13.7. The number of hydrogen-bond acceptors (Lipinski definition) is 3. The Morgan fingerprint density at radius 1 is 1.23 bits per heavy atom. The second-order valence-corrected chi connectivity index (χ2v) is 8.96. The molecule has 0 aromatic carbocycles. The van der Waals surface area contributed by atoms with Gasteiger partial charge in [-0.15, -0.1) is 0 Å². The molecule has 2 fully saturated rings. The molecule has 2 aliphatic carbocycles. The summed E-state index contributed by atoms with van der Waals surface area (Å²) in [7, 11) is 0. The van der Waals surface area contributed by atoms with Gasteiger partial charge in [0.05, 0.1) is 11.3 Å². The van der Waals surface area contributed by atoms with Gasteiger partial charge in [-0.2, -0.15) is 13.2 Å². The van der Waals surface area contributed by atoms with Crippen molar-refractivity contribution >= 4 is 23.2 Å². The molecule has 11 heteroatoms. The van der Waals surface area contributed by atoms with Crippen molar-refractivity contribution in [1.82, 2.24) is 14.7 Å². The third kappa shape index (κ3) is 4.79. The van der Waals surface area contributed by atoms with Crippen LogP contribution in [0.5, 0.6) is 0 Å². The summed E-state index contributed by atoms with van der Waals surface area (Å²) in [5, 5.41) is 12.2. The van der Waals surface area contributed by atoms with Gasteiger partial charge in [-0.05, 0) is 50.2 Å². The van der Waals surface area contributed by atoms with Gasteiger partial charge in [-0.3, -0.25) is 9.20 Å². The Balaban J connectivity index is 1.65. The first-order chi connectivity index (χ1) is 14.4. The minimum atomic E-state index is -4.76. The number of nitrogens with one attached hydrogen (secondary N) is 1. The van der Waals surface area contributed by atoms with E-state index in [0.29, 0.717) is 12.8 Å². The van der Waals surface area contributed by atoms with Crippen molar-refractivity contribution in [3.8, 4) is 0 Å². The molecule has 2 aromatic heterocycles. The lowest BCUT2D eigenvalue weighted by atomic mass is 9.83. The minimum absolute atomic E-state index is 0.0179. The van der Waals surface area contributed by atoms with Crippen molar-refractivity contribution in [2.75, 3.05) is 6.54 Å². The number of amides is 1. The molecule has 0 aliphatic heterocycles. The normalized spacial score (nSPS) is 20.7. The van der Waals surface area contributed by atoms with Crippen LogP contribution >= 0.6 is 11.6 Å². The molecule has 2 heterocycles. The first kappa shape index (κ1) is 22.3. The average molecular weight is 466 g/mol. The Morgan fingerprint density at radius 3 is 2.45 bits per heavy atom. The molecule has 0 unspecified atom stereocenters. The summed E-state index contributed by atoms with van der Waals surface area (Å²) in [5.41, 5.74) is -2.38. The number of imidazole rings is 1. The lowest BCUT2D eigenvalue weighted by Gasteiger charge is -2.28. The molecule has 0 radical (unpaired) electrons. The third-order valence-electron chi connectivity index (χ3n) is 6.03. The van der Waals surface area contributed by atoms with E-state index < -0.39 is 29.3 Å². The quantitative estimate of drug-likeness (QED) is 0.500.